The number of rotatable bonds is 8. The third-order valence-electron chi connectivity index (χ3n) is 4.59. The maximum Gasteiger partial charge on any atom is 0.303 e. The number of hydrogen-bond donors (Lipinski definition) is 1. The van der Waals surface area contributed by atoms with Crippen LogP contribution in [0.25, 0.3) is 0 Å². The lowest BCUT2D eigenvalue weighted by Gasteiger charge is -2.17. The standard InChI is InChI=1S/C19H22BrN3O3/c1-23(19-21-11-15(20)12-22-19)7-2-8-26-16-5-6-17-13(9-16)3-4-14(17)10-18(24)25/h5-6,9,11-12,14H,2-4,7-8,10H2,1H3,(H,24,25)/t14-/m0/s1. The Labute approximate surface area is 161 Å². The van der Waals surface area contributed by atoms with Crippen molar-refractivity contribution in [2.24, 2.45) is 0 Å². The first-order valence-corrected chi connectivity index (χ1v) is 9.48. The van der Waals surface area contributed by atoms with Crippen LogP contribution in [0.15, 0.2) is 35.1 Å². The molecule has 2 aromatic rings. The largest absolute Gasteiger partial charge is 0.494 e. The summed E-state index contributed by atoms with van der Waals surface area (Å²) in [6.45, 7) is 1.41. The van der Waals surface area contributed by atoms with Gasteiger partial charge in [0.1, 0.15) is 5.75 Å². The number of aromatic nitrogens is 2. The second-order valence-corrected chi connectivity index (χ2v) is 7.43. The average Bonchev–Trinajstić information content (AvgIpc) is 3.00. The minimum absolute atomic E-state index is 0.135. The molecular weight excluding hydrogens is 398 g/mol. The smallest absolute Gasteiger partial charge is 0.303 e. The maximum absolute atomic E-state index is 10.9. The van der Waals surface area contributed by atoms with Crippen LogP contribution in [0.3, 0.4) is 0 Å². The fourth-order valence-electron chi connectivity index (χ4n) is 3.29. The molecule has 0 radical (unpaired) electrons. The molecule has 1 aromatic carbocycles. The number of benzene rings is 1. The molecule has 138 valence electrons. The van der Waals surface area contributed by atoms with Gasteiger partial charge in [-0.15, -0.1) is 0 Å². The molecule has 6 nitrogen and oxygen atoms in total. The monoisotopic (exact) mass is 419 g/mol. The van der Waals surface area contributed by atoms with Gasteiger partial charge in [0.25, 0.3) is 0 Å². The number of nitrogens with zero attached hydrogens (tertiary/aromatic N) is 3. The summed E-state index contributed by atoms with van der Waals surface area (Å²) in [6, 6.07) is 6.02. The van der Waals surface area contributed by atoms with Gasteiger partial charge in [-0.25, -0.2) is 9.97 Å². The van der Waals surface area contributed by atoms with E-state index >= 15 is 0 Å². The van der Waals surface area contributed by atoms with E-state index in [2.05, 4.69) is 32.0 Å². The van der Waals surface area contributed by atoms with Gasteiger partial charge in [-0.05, 0) is 64.4 Å². The molecule has 0 unspecified atom stereocenters. The highest BCUT2D eigenvalue weighted by molar-refractivity contribution is 9.10. The lowest BCUT2D eigenvalue weighted by Crippen LogP contribution is -2.22. The molecule has 0 bridgehead atoms. The second kappa shape index (κ2) is 8.49. The molecule has 1 aromatic heterocycles. The van der Waals surface area contributed by atoms with Crippen LogP contribution in [0.2, 0.25) is 0 Å². The fourth-order valence-corrected chi connectivity index (χ4v) is 3.49. The Kier molecular flexibility index (Phi) is 6.08. The topological polar surface area (TPSA) is 75.5 Å². The number of hydrogen-bond acceptors (Lipinski definition) is 5. The molecule has 1 atom stereocenters. The highest BCUT2D eigenvalue weighted by atomic mass is 79.9. The van der Waals surface area contributed by atoms with E-state index in [1.807, 2.05) is 24.1 Å². The molecule has 1 heterocycles. The maximum atomic E-state index is 10.9. The van der Waals surface area contributed by atoms with E-state index in [4.69, 9.17) is 9.84 Å². The van der Waals surface area contributed by atoms with E-state index < -0.39 is 5.97 Å². The average molecular weight is 420 g/mol. The number of aliphatic carboxylic acids is 1. The molecular formula is C19H22BrN3O3. The van der Waals surface area contributed by atoms with Gasteiger partial charge in [0.15, 0.2) is 0 Å². The Bertz CT molecular complexity index is 767. The van der Waals surface area contributed by atoms with Crippen molar-refractivity contribution in [3.8, 4) is 5.75 Å². The van der Waals surface area contributed by atoms with Crippen molar-refractivity contribution in [1.82, 2.24) is 9.97 Å². The summed E-state index contributed by atoms with van der Waals surface area (Å²) in [5, 5.41) is 9.00. The van der Waals surface area contributed by atoms with Gasteiger partial charge >= 0.3 is 5.97 Å². The molecule has 0 saturated carbocycles. The van der Waals surface area contributed by atoms with Crippen molar-refractivity contribution in [2.45, 2.75) is 31.6 Å². The lowest BCUT2D eigenvalue weighted by molar-refractivity contribution is -0.137. The predicted octanol–water partition coefficient (Wildman–Crippen LogP) is 3.65. The van der Waals surface area contributed by atoms with Gasteiger partial charge in [0, 0.05) is 26.0 Å². The first kappa shape index (κ1) is 18.6. The van der Waals surface area contributed by atoms with Crippen LogP contribution in [0, 0.1) is 0 Å². The summed E-state index contributed by atoms with van der Waals surface area (Å²) in [6.07, 6.45) is 6.36. The number of aryl methyl sites for hydroxylation is 1. The summed E-state index contributed by atoms with van der Waals surface area (Å²) in [4.78, 5) is 21.5. The van der Waals surface area contributed by atoms with Crippen molar-refractivity contribution in [3.63, 3.8) is 0 Å². The van der Waals surface area contributed by atoms with E-state index in [1.54, 1.807) is 12.4 Å². The van der Waals surface area contributed by atoms with Crippen LogP contribution in [0.5, 0.6) is 5.75 Å². The molecule has 0 fully saturated rings. The third kappa shape index (κ3) is 4.72. The molecule has 1 aliphatic rings. The van der Waals surface area contributed by atoms with E-state index in [-0.39, 0.29) is 12.3 Å². The van der Waals surface area contributed by atoms with Gasteiger partial charge in [0.2, 0.25) is 5.95 Å². The van der Waals surface area contributed by atoms with E-state index in [1.165, 1.54) is 5.56 Å². The number of ether oxygens (including phenoxy) is 1. The van der Waals surface area contributed by atoms with Crippen LogP contribution in [-0.2, 0) is 11.2 Å². The summed E-state index contributed by atoms with van der Waals surface area (Å²) in [5.74, 6) is 0.940. The SMILES string of the molecule is CN(CCCOc1ccc2c(c1)CC[C@H]2CC(=O)O)c1ncc(Br)cn1. The Morgan fingerprint density at radius 1 is 1.38 bits per heavy atom. The van der Waals surface area contributed by atoms with Gasteiger partial charge in [0.05, 0.1) is 17.5 Å². The van der Waals surface area contributed by atoms with Gasteiger partial charge in [-0.1, -0.05) is 6.07 Å². The Hall–Kier alpha value is -2.15. The molecule has 1 N–H and O–H groups in total. The van der Waals surface area contributed by atoms with E-state index in [9.17, 15) is 4.79 Å². The van der Waals surface area contributed by atoms with Crippen LogP contribution >= 0.6 is 15.9 Å². The number of carboxylic acid groups (broad SMARTS) is 1. The lowest BCUT2D eigenvalue weighted by atomic mass is 9.98. The van der Waals surface area contributed by atoms with Crippen molar-refractivity contribution in [2.75, 3.05) is 25.1 Å². The highest BCUT2D eigenvalue weighted by Gasteiger charge is 2.24. The minimum Gasteiger partial charge on any atom is -0.494 e. The second-order valence-electron chi connectivity index (χ2n) is 6.52. The quantitative estimate of drug-likeness (QED) is 0.658. The molecule has 26 heavy (non-hydrogen) atoms. The number of anilines is 1. The zero-order valence-electron chi connectivity index (χ0n) is 14.7. The number of fused-ring (bicyclic) bond motifs is 1. The van der Waals surface area contributed by atoms with Crippen LogP contribution in [0.1, 0.15) is 36.3 Å². The first-order chi connectivity index (χ1) is 12.5. The molecule has 1 aliphatic carbocycles. The zero-order valence-corrected chi connectivity index (χ0v) is 16.3. The summed E-state index contributed by atoms with van der Waals surface area (Å²) >= 11 is 3.33. The zero-order chi connectivity index (χ0) is 18.5. The number of halogens is 1. The first-order valence-electron chi connectivity index (χ1n) is 8.69. The van der Waals surface area contributed by atoms with E-state index in [0.717, 1.165) is 41.6 Å². The highest BCUT2D eigenvalue weighted by Crippen LogP contribution is 2.37. The van der Waals surface area contributed by atoms with Gasteiger partial charge in [-0.3, -0.25) is 4.79 Å². The van der Waals surface area contributed by atoms with Crippen LogP contribution < -0.4 is 9.64 Å². The summed E-state index contributed by atoms with van der Waals surface area (Å²) in [5.41, 5.74) is 2.38. The van der Waals surface area contributed by atoms with Crippen molar-refractivity contribution >= 4 is 27.8 Å². The van der Waals surface area contributed by atoms with Crippen molar-refractivity contribution in [3.05, 3.63) is 46.2 Å². The normalized spacial score (nSPS) is 15.5. The van der Waals surface area contributed by atoms with Crippen molar-refractivity contribution < 1.29 is 14.6 Å². The Balaban J connectivity index is 1.47. The molecule has 0 aliphatic heterocycles. The molecule has 3 rings (SSSR count). The summed E-state index contributed by atoms with van der Waals surface area (Å²) in [7, 11) is 1.96. The van der Waals surface area contributed by atoms with Crippen LogP contribution in [0.4, 0.5) is 5.95 Å². The minimum atomic E-state index is -0.734. The third-order valence-corrected chi connectivity index (χ3v) is 5.00. The Morgan fingerprint density at radius 3 is 2.88 bits per heavy atom. The molecule has 0 amide bonds. The van der Waals surface area contributed by atoms with Crippen molar-refractivity contribution in [1.29, 1.82) is 0 Å². The molecule has 0 saturated heterocycles. The van der Waals surface area contributed by atoms with Gasteiger partial charge < -0.3 is 14.7 Å². The Morgan fingerprint density at radius 2 is 2.15 bits per heavy atom. The van der Waals surface area contributed by atoms with E-state index in [0.29, 0.717) is 12.6 Å². The molecule has 0 spiro atoms. The number of carboxylic acids is 1. The molecule has 7 heteroatoms. The fraction of sp³-hybridized carbons (Fsp3) is 0.421. The number of carbonyl (C=O) groups is 1. The summed E-state index contributed by atoms with van der Waals surface area (Å²) < 4.78 is 6.72. The van der Waals surface area contributed by atoms with Gasteiger partial charge in [-0.2, -0.15) is 0 Å². The van der Waals surface area contributed by atoms with Crippen LogP contribution in [-0.4, -0.2) is 41.2 Å². The predicted molar refractivity (Wildman–Crippen MR) is 103 cm³/mol.